The zero-order chi connectivity index (χ0) is 12.3. The lowest BCUT2D eigenvalue weighted by atomic mass is 10.3. The number of para-hydroxylation sites is 1. The predicted molar refractivity (Wildman–Crippen MR) is 63.7 cm³/mol. The van der Waals surface area contributed by atoms with E-state index in [1.165, 1.54) is 11.8 Å². The molecule has 1 aromatic heterocycles. The van der Waals surface area contributed by atoms with Gasteiger partial charge >= 0.3 is 0 Å². The molecule has 1 amide bonds. The Balaban J connectivity index is 2.26. The van der Waals surface area contributed by atoms with Crippen LogP contribution >= 0.6 is 11.8 Å². The molecule has 0 bridgehead atoms. The number of primary amides is 1. The van der Waals surface area contributed by atoms with E-state index in [-0.39, 0.29) is 5.25 Å². The minimum absolute atomic E-state index is 0.372. The highest BCUT2D eigenvalue weighted by atomic mass is 32.2. The summed E-state index contributed by atoms with van der Waals surface area (Å²) in [7, 11) is 0. The van der Waals surface area contributed by atoms with E-state index in [1.54, 1.807) is 11.6 Å². The highest BCUT2D eigenvalue weighted by molar-refractivity contribution is 8.00. The topological polar surface area (TPSA) is 86.7 Å². The number of hydrogen-bond acceptors (Lipinski definition) is 5. The van der Waals surface area contributed by atoms with Gasteiger partial charge in [-0.25, -0.2) is 0 Å². The third-order valence-electron chi connectivity index (χ3n) is 2.12. The first-order chi connectivity index (χ1) is 8.18. The van der Waals surface area contributed by atoms with Crippen LogP contribution in [-0.2, 0) is 4.79 Å². The molecule has 17 heavy (non-hydrogen) atoms. The second-order valence-electron chi connectivity index (χ2n) is 3.37. The van der Waals surface area contributed by atoms with Crippen LogP contribution in [0.5, 0.6) is 0 Å². The van der Waals surface area contributed by atoms with Crippen LogP contribution < -0.4 is 5.73 Å². The van der Waals surface area contributed by atoms with E-state index in [9.17, 15) is 4.79 Å². The lowest BCUT2D eigenvalue weighted by molar-refractivity contribution is -0.117. The maximum Gasteiger partial charge on any atom is 0.230 e. The van der Waals surface area contributed by atoms with Gasteiger partial charge in [-0.3, -0.25) is 4.79 Å². The van der Waals surface area contributed by atoms with Gasteiger partial charge in [0.1, 0.15) is 0 Å². The van der Waals surface area contributed by atoms with Crippen LogP contribution in [0.4, 0.5) is 0 Å². The summed E-state index contributed by atoms with van der Waals surface area (Å²) in [6.45, 7) is 1.72. The van der Waals surface area contributed by atoms with Crippen LogP contribution in [-0.4, -0.2) is 31.4 Å². The number of nitrogens with two attached hydrogens (primary N) is 1. The van der Waals surface area contributed by atoms with Gasteiger partial charge in [0.25, 0.3) is 0 Å². The molecular weight excluding hydrogens is 238 g/mol. The van der Waals surface area contributed by atoms with E-state index < -0.39 is 5.91 Å². The van der Waals surface area contributed by atoms with Crippen molar-refractivity contribution in [2.75, 3.05) is 0 Å². The second kappa shape index (κ2) is 4.96. The summed E-state index contributed by atoms with van der Waals surface area (Å²) in [5, 5.41) is 11.5. The summed E-state index contributed by atoms with van der Waals surface area (Å²) < 4.78 is 1.57. The molecular formula is C10H11N5OS. The van der Waals surface area contributed by atoms with Crippen LogP contribution in [0.2, 0.25) is 0 Å². The van der Waals surface area contributed by atoms with E-state index in [2.05, 4.69) is 15.5 Å². The van der Waals surface area contributed by atoms with Gasteiger partial charge in [-0.15, -0.1) is 5.10 Å². The van der Waals surface area contributed by atoms with E-state index >= 15 is 0 Å². The predicted octanol–water partition coefficient (Wildman–Crippen LogP) is 0.628. The maximum atomic E-state index is 11.0. The first kappa shape index (κ1) is 11.6. The number of aromatic nitrogens is 4. The van der Waals surface area contributed by atoms with Gasteiger partial charge in [0.05, 0.1) is 10.9 Å². The van der Waals surface area contributed by atoms with Crippen LogP contribution in [0.3, 0.4) is 0 Å². The molecule has 0 saturated heterocycles. The molecule has 1 heterocycles. The molecule has 0 unspecified atom stereocenters. The standard InChI is InChI=1S/C10H11N5OS/c1-7(9(11)16)17-10-12-13-14-15(10)8-5-3-2-4-6-8/h2-7H,1H3,(H2,11,16)/t7-/m0/s1. The molecule has 0 aliphatic rings. The fourth-order valence-corrected chi connectivity index (χ4v) is 1.96. The number of thioether (sulfide) groups is 1. The third kappa shape index (κ3) is 2.62. The number of carbonyl (C=O) groups excluding carboxylic acids is 1. The van der Waals surface area contributed by atoms with Crippen molar-refractivity contribution in [2.24, 2.45) is 5.73 Å². The fourth-order valence-electron chi connectivity index (χ4n) is 1.20. The fraction of sp³-hybridized carbons (Fsp3) is 0.200. The Hall–Kier alpha value is -1.89. The molecule has 0 radical (unpaired) electrons. The number of tetrazole rings is 1. The van der Waals surface area contributed by atoms with Crippen molar-refractivity contribution in [1.82, 2.24) is 20.2 Å². The molecule has 0 aliphatic heterocycles. The van der Waals surface area contributed by atoms with Gasteiger partial charge in [0, 0.05) is 0 Å². The average molecular weight is 249 g/mol. The first-order valence-electron chi connectivity index (χ1n) is 4.98. The number of carbonyl (C=O) groups is 1. The van der Waals surface area contributed by atoms with Crippen molar-refractivity contribution in [2.45, 2.75) is 17.3 Å². The van der Waals surface area contributed by atoms with Crippen LogP contribution in [0.15, 0.2) is 35.5 Å². The molecule has 6 nitrogen and oxygen atoms in total. The van der Waals surface area contributed by atoms with Crippen molar-refractivity contribution < 1.29 is 4.79 Å². The number of benzene rings is 1. The summed E-state index contributed by atoms with van der Waals surface area (Å²) in [6.07, 6.45) is 0. The Bertz CT molecular complexity index is 512. The van der Waals surface area contributed by atoms with Crippen molar-refractivity contribution in [3.8, 4) is 5.69 Å². The largest absolute Gasteiger partial charge is 0.369 e. The molecule has 7 heteroatoms. The van der Waals surface area contributed by atoms with Gasteiger partial charge in [-0.2, -0.15) is 4.68 Å². The minimum atomic E-state index is -0.391. The summed E-state index contributed by atoms with van der Waals surface area (Å²) in [6, 6.07) is 9.46. The van der Waals surface area contributed by atoms with E-state index in [1.807, 2.05) is 30.3 Å². The van der Waals surface area contributed by atoms with Gasteiger partial charge in [-0.1, -0.05) is 30.0 Å². The normalized spacial score (nSPS) is 12.3. The molecule has 1 atom stereocenters. The van der Waals surface area contributed by atoms with Crippen molar-refractivity contribution >= 4 is 17.7 Å². The Morgan fingerprint density at radius 1 is 1.41 bits per heavy atom. The number of rotatable bonds is 4. The quantitative estimate of drug-likeness (QED) is 0.803. The van der Waals surface area contributed by atoms with Crippen molar-refractivity contribution in [1.29, 1.82) is 0 Å². The SMILES string of the molecule is C[C@H](Sc1nnnn1-c1ccccc1)C(N)=O. The molecule has 88 valence electrons. The van der Waals surface area contributed by atoms with Gasteiger partial charge < -0.3 is 5.73 Å². The molecule has 2 aromatic rings. The summed E-state index contributed by atoms with van der Waals surface area (Å²) in [4.78, 5) is 11.0. The minimum Gasteiger partial charge on any atom is -0.369 e. The Morgan fingerprint density at radius 3 is 2.76 bits per heavy atom. The Kier molecular flexibility index (Phi) is 3.38. The van der Waals surface area contributed by atoms with Gasteiger partial charge in [0.2, 0.25) is 11.1 Å². The monoisotopic (exact) mass is 249 g/mol. The van der Waals surface area contributed by atoms with E-state index in [0.29, 0.717) is 5.16 Å². The van der Waals surface area contributed by atoms with Crippen LogP contribution in [0, 0.1) is 0 Å². The average Bonchev–Trinajstić information content (AvgIpc) is 2.78. The molecule has 0 aliphatic carbocycles. The van der Waals surface area contributed by atoms with Crippen molar-refractivity contribution in [3.63, 3.8) is 0 Å². The van der Waals surface area contributed by atoms with Crippen LogP contribution in [0.25, 0.3) is 5.69 Å². The van der Waals surface area contributed by atoms with Crippen LogP contribution in [0.1, 0.15) is 6.92 Å². The summed E-state index contributed by atoms with van der Waals surface area (Å²) in [5.74, 6) is -0.391. The van der Waals surface area contributed by atoms with Gasteiger partial charge in [0.15, 0.2) is 0 Å². The molecule has 0 fully saturated rings. The lowest BCUT2D eigenvalue weighted by Crippen LogP contribution is -2.23. The molecule has 0 spiro atoms. The Labute approximate surface area is 102 Å². The maximum absolute atomic E-state index is 11.0. The van der Waals surface area contributed by atoms with E-state index in [0.717, 1.165) is 5.69 Å². The number of amides is 1. The smallest absolute Gasteiger partial charge is 0.230 e. The van der Waals surface area contributed by atoms with Crippen molar-refractivity contribution in [3.05, 3.63) is 30.3 Å². The number of hydrogen-bond donors (Lipinski definition) is 1. The molecule has 1 aromatic carbocycles. The van der Waals surface area contributed by atoms with Gasteiger partial charge in [-0.05, 0) is 29.5 Å². The number of nitrogens with zero attached hydrogens (tertiary/aromatic N) is 4. The third-order valence-corrected chi connectivity index (χ3v) is 3.18. The van der Waals surface area contributed by atoms with E-state index in [4.69, 9.17) is 5.73 Å². The molecule has 0 saturated carbocycles. The highest BCUT2D eigenvalue weighted by Gasteiger charge is 2.16. The zero-order valence-corrected chi connectivity index (χ0v) is 9.96. The summed E-state index contributed by atoms with van der Waals surface area (Å²) >= 11 is 1.23. The lowest BCUT2D eigenvalue weighted by Gasteiger charge is -2.06. The Morgan fingerprint density at radius 2 is 2.12 bits per heavy atom. The zero-order valence-electron chi connectivity index (χ0n) is 9.15. The second-order valence-corrected chi connectivity index (χ2v) is 4.68. The molecule has 2 rings (SSSR count). The highest BCUT2D eigenvalue weighted by Crippen LogP contribution is 2.22. The molecule has 2 N–H and O–H groups in total. The first-order valence-corrected chi connectivity index (χ1v) is 5.86. The summed E-state index contributed by atoms with van der Waals surface area (Å²) in [5.41, 5.74) is 6.05.